The first kappa shape index (κ1) is 13.8. The fourth-order valence-corrected chi connectivity index (χ4v) is 1.41. The molecule has 0 aliphatic heterocycles. The molecule has 0 radical (unpaired) electrons. The maximum atomic E-state index is 12.6. The van der Waals surface area contributed by atoms with Crippen LogP contribution in [0.2, 0.25) is 0 Å². The molecule has 0 spiro atoms. The predicted octanol–water partition coefficient (Wildman–Crippen LogP) is 2.91. The van der Waals surface area contributed by atoms with E-state index in [0.29, 0.717) is 0 Å². The third kappa shape index (κ3) is 4.26. The molecule has 96 valence electrons. The van der Waals surface area contributed by atoms with Crippen molar-refractivity contribution in [2.24, 2.45) is 5.73 Å². The summed E-state index contributed by atoms with van der Waals surface area (Å²) in [5.74, 6) is 0.220. The van der Waals surface area contributed by atoms with Crippen LogP contribution in [0.15, 0.2) is 24.3 Å². The molecule has 17 heavy (non-hydrogen) atoms. The molecule has 0 bridgehead atoms. The Hall–Kier alpha value is -1.23. The van der Waals surface area contributed by atoms with Crippen LogP contribution in [0, 0.1) is 0 Å². The second-order valence-corrected chi connectivity index (χ2v) is 3.72. The van der Waals surface area contributed by atoms with E-state index in [2.05, 4.69) is 0 Å². The molecule has 0 aromatic heterocycles. The van der Waals surface area contributed by atoms with Gasteiger partial charge in [-0.25, -0.2) is 0 Å². The first-order valence-electron chi connectivity index (χ1n) is 5.49. The molecular formula is C12H16F3NO. The zero-order valence-corrected chi connectivity index (χ0v) is 9.63. The van der Waals surface area contributed by atoms with Crippen LogP contribution < -0.4 is 10.5 Å². The van der Waals surface area contributed by atoms with Gasteiger partial charge in [0.1, 0.15) is 5.75 Å². The van der Waals surface area contributed by atoms with Gasteiger partial charge in [-0.2, -0.15) is 13.2 Å². The molecule has 1 rings (SSSR count). The van der Waals surface area contributed by atoms with Gasteiger partial charge in [0.25, 0.3) is 0 Å². The molecule has 1 aromatic rings. The third-order valence-electron chi connectivity index (χ3n) is 2.40. The Bertz CT molecular complexity index is 335. The Morgan fingerprint density at radius 1 is 1.24 bits per heavy atom. The molecule has 0 aliphatic carbocycles. The minimum atomic E-state index is -4.39. The Balaban J connectivity index is 2.72. The van der Waals surface area contributed by atoms with E-state index in [1.807, 2.05) is 6.92 Å². The Kier molecular flexibility index (Phi) is 4.81. The highest BCUT2D eigenvalue weighted by Crippen LogP contribution is 2.27. The van der Waals surface area contributed by atoms with E-state index in [-0.39, 0.29) is 18.7 Å². The minimum absolute atomic E-state index is 0.0583. The van der Waals surface area contributed by atoms with Gasteiger partial charge in [0.2, 0.25) is 0 Å². The van der Waals surface area contributed by atoms with Crippen molar-refractivity contribution in [1.29, 1.82) is 0 Å². The van der Waals surface area contributed by atoms with Crippen LogP contribution in [-0.4, -0.2) is 18.8 Å². The molecule has 2 N–H and O–H groups in total. The number of nitrogens with two attached hydrogens (primary N) is 1. The number of ether oxygens (including phenoxy) is 1. The van der Waals surface area contributed by atoms with Gasteiger partial charge in [0, 0.05) is 6.42 Å². The third-order valence-corrected chi connectivity index (χ3v) is 2.40. The molecule has 0 saturated heterocycles. The van der Waals surface area contributed by atoms with Crippen molar-refractivity contribution in [3.63, 3.8) is 0 Å². The average molecular weight is 247 g/mol. The highest BCUT2D eigenvalue weighted by atomic mass is 19.4. The van der Waals surface area contributed by atoms with Crippen molar-refractivity contribution >= 4 is 0 Å². The van der Waals surface area contributed by atoms with E-state index >= 15 is 0 Å². The molecule has 0 heterocycles. The lowest BCUT2D eigenvalue weighted by Crippen LogP contribution is -2.36. The Morgan fingerprint density at radius 3 is 2.24 bits per heavy atom. The number of rotatable bonds is 5. The zero-order valence-electron chi connectivity index (χ0n) is 9.63. The van der Waals surface area contributed by atoms with Gasteiger partial charge in [0.05, 0.1) is 0 Å². The van der Waals surface area contributed by atoms with Crippen LogP contribution in [0.4, 0.5) is 13.2 Å². The van der Waals surface area contributed by atoms with Crippen LogP contribution in [0.1, 0.15) is 18.9 Å². The fourth-order valence-electron chi connectivity index (χ4n) is 1.41. The summed E-state index contributed by atoms with van der Waals surface area (Å²) in [6.07, 6.45) is -5.62. The van der Waals surface area contributed by atoms with Gasteiger partial charge < -0.3 is 10.5 Å². The highest BCUT2D eigenvalue weighted by Gasteiger charge is 2.41. The molecule has 2 nitrogen and oxygen atoms in total. The number of alkyl halides is 3. The monoisotopic (exact) mass is 247 g/mol. The van der Waals surface area contributed by atoms with Gasteiger partial charge in [0.15, 0.2) is 6.10 Å². The number of hydrogen-bond donors (Lipinski definition) is 1. The summed E-state index contributed by atoms with van der Waals surface area (Å²) in [6.45, 7) is 1.92. The van der Waals surface area contributed by atoms with E-state index in [1.165, 1.54) is 0 Å². The van der Waals surface area contributed by atoms with Crippen molar-refractivity contribution < 1.29 is 17.9 Å². The van der Waals surface area contributed by atoms with Crippen LogP contribution in [0.25, 0.3) is 0 Å². The minimum Gasteiger partial charge on any atom is -0.481 e. The number of halogens is 3. The lowest BCUT2D eigenvalue weighted by molar-refractivity contribution is -0.196. The summed E-state index contributed by atoms with van der Waals surface area (Å²) in [5.41, 5.74) is 6.20. The summed E-state index contributed by atoms with van der Waals surface area (Å²) in [4.78, 5) is 0. The summed E-state index contributed by atoms with van der Waals surface area (Å²) < 4.78 is 42.6. The first-order chi connectivity index (χ1) is 7.97. The highest BCUT2D eigenvalue weighted by molar-refractivity contribution is 5.27. The predicted molar refractivity (Wildman–Crippen MR) is 60.0 cm³/mol. The van der Waals surface area contributed by atoms with Crippen LogP contribution >= 0.6 is 0 Å². The molecular weight excluding hydrogens is 231 g/mol. The second kappa shape index (κ2) is 5.91. The molecule has 5 heteroatoms. The molecule has 0 fully saturated rings. The van der Waals surface area contributed by atoms with Crippen molar-refractivity contribution in [3.05, 3.63) is 29.8 Å². The van der Waals surface area contributed by atoms with Crippen molar-refractivity contribution in [2.45, 2.75) is 32.0 Å². The van der Waals surface area contributed by atoms with Crippen molar-refractivity contribution in [1.82, 2.24) is 0 Å². The van der Waals surface area contributed by atoms with Gasteiger partial charge >= 0.3 is 6.18 Å². The maximum Gasteiger partial charge on any atom is 0.425 e. The summed E-state index contributed by atoms with van der Waals surface area (Å²) >= 11 is 0. The molecule has 1 atom stereocenters. The smallest absolute Gasteiger partial charge is 0.425 e. The molecule has 0 amide bonds. The summed E-state index contributed by atoms with van der Waals surface area (Å²) in [7, 11) is 0. The van der Waals surface area contributed by atoms with Gasteiger partial charge in [-0.1, -0.05) is 19.1 Å². The van der Waals surface area contributed by atoms with Gasteiger partial charge in [-0.3, -0.25) is 0 Å². The summed E-state index contributed by atoms with van der Waals surface area (Å²) in [6, 6.07) is 6.61. The quantitative estimate of drug-likeness (QED) is 0.868. The topological polar surface area (TPSA) is 35.2 Å². The van der Waals surface area contributed by atoms with Crippen molar-refractivity contribution in [3.8, 4) is 5.75 Å². The van der Waals surface area contributed by atoms with Crippen LogP contribution in [-0.2, 0) is 6.42 Å². The van der Waals surface area contributed by atoms with E-state index in [1.54, 1.807) is 24.3 Å². The second-order valence-electron chi connectivity index (χ2n) is 3.72. The van der Waals surface area contributed by atoms with E-state index in [0.717, 1.165) is 12.0 Å². The average Bonchev–Trinajstić information content (AvgIpc) is 2.28. The van der Waals surface area contributed by atoms with Crippen LogP contribution in [0.5, 0.6) is 5.75 Å². The zero-order chi connectivity index (χ0) is 12.9. The van der Waals surface area contributed by atoms with Crippen molar-refractivity contribution in [2.75, 3.05) is 6.54 Å². The first-order valence-corrected chi connectivity index (χ1v) is 5.49. The maximum absolute atomic E-state index is 12.6. The number of hydrogen-bond acceptors (Lipinski definition) is 2. The largest absolute Gasteiger partial charge is 0.481 e. The standard InChI is InChI=1S/C12H16F3NO/c1-2-9-3-5-10(6-4-9)17-11(7-8-16)12(13,14)15/h3-6,11H,2,7-8,16H2,1H3. The summed E-state index contributed by atoms with van der Waals surface area (Å²) in [5, 5.41) is 0. The molecule has 0 saturated carbocycles. The number of aryl methyl sites for hydroxylation is 1. The van der Waals surface area contributed by atoms with E-state index in [9.17, 15) is 13.2 Å². The fraction of sp³-hybridized carbons (Fsp3) is 0.500. The molecule has 1 unspecified atom stereocenters. The lowest BCUT2D eigenvalue weighted by Gasteiger charge is -2.21. The van der Waals surface area contributed by atoms with Crippen LogP contribution in [0.3, 0.4) is 0 Å². The van der Waals surface area contributed by atoms with E-state index in [4.69, 9.17) is 10.5 Å². The molecule has 1 aromatic carbocycles. The van der Waals surface area contributed by atoms with E-state index < -0.39 is 12.3 Å². The number of benzene rings is 1. The lowest BCUT2D eigenvalue weighted by atomic mass is 10.1. The Labute approximate surface area is 98.6 Å². The molecule has 0 aliphatic rings. The normalized spacial score (nSPS) is 13.5. The SMILES string of the molecule is CCc1ccc(OC(CCN)C(F)(F)F)cc1. The van der Waals surface area contributed by atoms with Gasteiger partial charge in [-0.05, 0) is 30.7 Å². The van der Waals surface area contributed by atoms with Gasteiger partial charge in [-0.15, -0.1) is 0 Å². The Morgan fingerprint density at radius 2 is 1.82 bits per heavy atom.